The van der Waals surface area contributed by atoms with Gasteiger partial charge in [0.1, 0.15) is 0 Å². The molecule has 116 valence electrons. The standard InChI is InChI=1S/C17H32N2O/c1-12(2)9-18-15(20)14-7-13(14)8-16(3,4)17(5)10-19(6)11-17/h12-14H,7-11H2,1-6H3,(H,18,20). The molecule has 0 aromatic heterocycles. The molecule has 1 saturated heterocycles. The molecule has 0 radical (unpaired) electrons. The molecule has 3 nitrogen and oxygen atoms in total. The summed E-state index contributed by atoms with van der Waals surface area (Å²) in [7, 11) is 2.19. The van der Waals surface area contributed by atoms with E-state index in [4.69, 9.17) is 0 Å². The number of likely N-dealkylation sites (tertiary alicyclic amines) is 1. The Balaban J connectivity index is 1.80. The lowest BCUT2D eigenvalue weighted by Crippen LogP contribution is -2.59. The number of nitrogens with zero attached hydrogens (tertiary/aromatic N) is 1. The molecule has 2 rings (SSSR count). The molecule has 0 aromatic carbocycles. The SMILES string of the molecule is CC(C)CNC(=O)C1CC1CC(C)(C)C1(C)CN(C)C1. The lowest BCUT2D eigenvalue weighted by atomic mass is 9.60. The molecule has 1 heterocycles. The molecule has 1 N–H and O–H groups in total. The molecule has 1 amide bonds. The molecule has 0 spiro atoms. The van der Waals surface area contributed by atoms with Gasteiger partial charge in [-0.2, -0.15) is 0 Å². The van der Waals surface area contributed by atoms with Crippen LogP contribution in [0, 0.1) is 28.6 Å². The van der Waals surface area contributed by atoms with Crippen LogP contribution >= 0.6 is 0 Å². The second kappa shape index (κ2) is 5.32. The minimum atomic E-state index is 0.287. The molecule has 20 heavy (non-hydrogen) atoms. The van der Waals surface area contributed by atoms with Crippen molar-refractivity contribution in [3.05, 3.63) is 0 Å². The zero-order chi connectivity index (χ0) is 15.1. The van der Waals surface area contributed by atoms with Crippen molar-refractivity contribution in [2.45, 2.75) is 47.5 Å². The van der Waals surface area contributed by atoms with Crippen molar-refractivity contribution >= 4 is 5.91 Å². The summed E-state index contributed by atoms with van der Waals surface area (Å²) < 4.78 is 0. The fourth-order valence-corrected chi connectivity index (χ4v) is 3.71. The summed E-state index contributed by atoms with van der Waals surface area (Å²) in [6.07, 6.45) is 2.29. The molecule has 0 bridgehead atoms. The molecule has 0 aromatic rings. The first-order valence-corrected chi connectivity index (χ1v) is 8.11. The number of hydrogen-bond donors (Lipinski definition) is 1. The van der Waals surface area contributed by atoms with Gasteiger partial charge in [0.2, 0.25) is 5.91 Å². The van der Waals surface area contributed by atoms with Crippen LogP contribution in [0.1, 0.15) is 47.5 Å². The molecule has 1 aliphatic carbocycles. The Morgan fingerprint density at radius 1 is 1.40 bits per heavy atom. The van der Waals surface area contributed by atoms with Gasteiger partial charge in [0.25, 0.3) is 0 Å². The van der Waals surface area contributed by atoms with Crippen molar-refractivity contribution in [3.63, 3.8) is 0 Å². The van der Waals surface area contributed by atoms with E-state index in [2.05, 4.69) is 51.9 Å². The van der Waals surface area contributed by atoms with Gasteiger partial charge in [-0.3, -0.25) is 4.79 Å². The van der Waals surface area contributed by atoms with Crippen LogP contribution in [0.25, 0.3) is 0 Å². The zero-order valence-corrected chi connectivity index (χ0v) is 14.1. The van der Waals surface area contributed by atoms with Crippen molar-refractivity contribution in [3.8, 4) is 0 Å². The summed E-state index contributed by atoms with van der Waals surface area (Å²) in [4.78, 5) is 14.5. The molecular formula is C17H32N2O. The Kier molecular flexibility index (Phi) is 4.21. The van der Waals surface area contributed by atoms with Gasteiger partial charge in [-0.1, -0.05) is 34.6 Å². The number of rotatable bonds is 6. The van der Waals surface area contributed by atoms with Gasteiger partial charge in [-0.15, -0.1) is 0 Å². The smallest absolute Gasteiger partial charge is 0.223 e. The first kappa shape index (κ1) is 15.8. The number of hydrogen-bond acceptors (Lipinski definition) is 2. The quantitative estimate of drug-likeness (QED) is 0.811. The van der Waals surface area contributed by atoms with E-state index in [0.717, 1.165) is 13.0 Å². The average molecular weight is 280 g/mol. The summed E-state index contributed by atoms with van der Waals surface area (Å²) in [5, 5.41) is 3.09. The fraction of sp³-hybridized carbons (Fsp3) is 0.941. The van der Waals surface area contributed by atoms with Gasteiger partial charge in [0, 0.05) is 25.6 Å². The van der Waals surface area contributed by atoms with Gasteiger partial charge in [-0.25, -0.2) is 0 Å². The molecule has 2 aliphatic rings. The second-order valence-electron chi connectivity index (χ2n) is 8.56. The van der Waals surface area contributed by atoms with E-state index in [-0.39, 0.29) is 11.8 Å². The lowest BCUT2D eigenvalue weighted by molar-refractivity contribution is -0.123. The van der Waals surface area contributed by atoms with E-state index in [1.807, 2.05) is 0 Å². The van der Waals surface area contributed by atoms with Crippen LogP contribution in [0.3, 0.4) is 0 Å². The molecule has 2 atom stereocenters. The summed E-state index contributed by atoms with van der Waals surface area (Å²) in [6.45, 7) is 14.7. The summed E-state index contributed by atoms with van der Waals surface area (Å²) >= 11 is 0. The third kappa shape index (κ3) is 3.19. The summed E-state index contributed by atoms with van der Waals surface area (Å²) in [6, 6.07) is 0. The van der Waals surface area contributed by atoms with Gasteiger partial charge >= 0.3 is 0 Å². The van der Waals surface area contributed by atoms with E-state index >= 15 is 0 Å². The van der Waals surface area contributed by atoms with Crippen molar-refractivity contribution in [1.82, 2.24) is 10.2 Å². The Morgan fingerprint density at radius 2 is 2.00 bits per heavy atom. The van der Waals surface area contributed by atoms with Crippen molar-refractivity contribution < 1.29 is 4.79 Å². The van der Waals surface area contributed by atoms with Gasteiger partial charge in [0.05, 0.1) is 0 Å². The largest absolute Gasteiger partial charge is 0.356 e. The van der Waals surface area contributed by atoms with Gasteiger partial charge in [0.15, 0.2) is 0 Å². The Morgan fingerprint density at radius 3 is 2.50 bits per heavy atom. The lowest BCUT2D eigenvalue weighted by Gasteiger charge is -2.56. The molecule has 2 fully saturated rings. The molecule has 2 unspecified atom stereocenters. The normalized spacial score (nSPS) is 29.1. The average Bonchev–Trinajstić information content (AvgIpc) is 3.02. The van der Waals surface area contributed by atoms with Crippen LogP contribution in [-0.2, 0) is 4.79 Å². The highest BCUT2D eigenvalue weighted by molar-refractivity contribution is 5.81. The molecule has 3 heteroatoms. The highest BCUT2D eigenvalue weighted by atomic mass is 16.2. The maximum absolute atomic E-state index is 12.1. The fourth-order valence-electron chi connectivity index (χ4n) is 3.71. The van der Waals surface area contributed by atoms with Crippen molar-refractivity contribution in [2.24, 2.45) is 28.6 Å². The van der Waals surface area contributed by atoms with Crippen molar-refractivity contribution in [1.29, 1.82) is 0 Å². The number of amides is 1. The number of carbonyl (C=O) groups is 1. The van der Waals surface area contributed by atoms with Crippen molar-refractivity contribution in [2.75, 3.05) is 26.7 Å². The minimum absolute atomic E-state index is 0.287. The highest BCUT2D eigenvalue weighted by Crippen LogP contribution is 2.54. The highest BCUT2D eigenvalue weighted by Gasteiger charge is 2.53. The van der Waals surface area contributed by atoms with Crippen LogP contribution in [0.15, 0.2) is 0 Å². The van der Waals surface area contributed by atoms with Crippen LogP contribution in [0.2, 0.25) is 0 Å². The predicted octanol–water partition coefficient (Wildman–Crippen LogP) is 2.76. The zero-order valence-electron chi connectivity index (χ0n) is 14.1. The first-order chi connectivity index (χ1) is 9.14. The molecular weight excluding hydrogens is 248 g/mol. The Labute approximate surface area is 124 Å². The van der Waals surface area contributed by atoms with Crippen LogP contribution in [-0.4, -0.2) is 37.5 Å². The second-order valence-corrected chi connectivity index (χ2v) is 8.56. The van der Waals surface area contributed by atoms with E-state index < -0.39 is 0 Å². The van der Waals surface area contributed by atoms with Crippen LogP contribution in [0.4, 0.5) is 0 Å². The molecule has 1 aliphatic heterocycles. The van der Waals surface area contributed by atoms with E-state index in [1.54, 1.807) is 0 Å². The minimum Gasteiger partial charge on any atom is -0.356 e. The van der Waals surface area contributed by atoms with Crippen LogP contribution < -0.4 is 5.32 Å². The van der Waals surface area contributed by atoms with E-state index in [0.29, 0.717) is 22.7 Å². The Hall–Kier alpha value is -0.570. The van der Waals surface area contributed by atoms with Crippen LogP contribution in [0.5, 0.6) is 0 Å². The van der Waals surface area contributed by atoms with E-state index in [9.17, 15) is 4.79 Å². The van der Waals surface area contributed by atoms with Gasteiger partial charge < -0.3 is 10.2 Å². The topological polar surface area (TPSA) is 32.3 Å². The maximum Gasteiger partial charge on any atom is 0.223 e. The summed E-state index contributed by atoms with van der Waals surface area (Å²) in [5.74, 6) is 1.72. The third-order valence-corrected chi connectivity index (χ3v) is 5.59. The summed E-state index contributed by atoms with van der Waals surface area (Å²) in [5.41, 5.74) is 0.751. The molecule has 1 saturated carbocycles. The maximum atomic E-state index is 12.1. The monoisotopic (exact) mass is 280 g/mol. The van der Waals surface area contributed by atoms with E-state index in [1.165, 1.54) is 19.5 Å². The number of nitrogens with one attached hydrogen (secondary N) is 1. The third-order valence-electron chi connectivity index (χ3n) is 5.59. The van der Waals surface area contributed by atoms with Gasteiger partial charge in [-0.05, 0) is 42.6 Å². The first-order valence-electron chi connectivity index (χ1n) is 8.11. The Bertz CT molecular complexity index is 369. The predicted molar refractivity (Wildman–Crippen MR) is 83.4 cm³/mol. The number of carbonyl (C=O) groups excluding carboxylic acids is 1.